The minimum atomic E-state index is -0.390. The number of nitrogens with one attached hydrogen (secondary N) is 1. The van der Waals surface area contributed by atoms with Crippen molar-refractivity contribution in [3.8, 4) is 5.82 Å². The minimum Gasteiger partial charge on any atom is -0.340 e. The summed E-state index contributed by atoms with van der Waals surface area (Å²) in [7, 11) is 0. The molecule has 0 saturated carbocycles. The van der Waals surface area contributed by atoms with E-state index < -0.39 is 6.04 Å². The summed E-state index contributed by atoms with van der Waals surface area (Å²) in [5, 5.41) is 14.2. The van der Waals surface area contributed by atoms with Crippen LogP contribution >= 0.6 is 0 Å². The lowest BCUT2D eigenvalue weighted by atomic mass is 10.1. The van der Waals surface area contributed by atoms with Gasteiger partial charge in [-0.15, -0.1) is 10.2 Å². The van der Waals surface area contributed by atoms with Gasteiger partial charge in [0.15, 0.2) is 5.82 Å². The molecule has 0 saturated heterocycles. The van der Waals surface area contributed by atoms with E-state index in [-0.39, 0.29) is 5.91 Å². The van der Waals surface area contributed by atoms with Gasteiger partial charge in [-0.2, -0.15) is 4.98 Å². The van der Waals surface area contributed by atoms with E-state index in [9.17, 15) is 4.79 Å². The van der Waals surface area contributed by atoms with E-state index in [0.717, 1.165) is 6.42 Å². The van der Waals surface area contributed by atoms with Gasteiger partial charge >= 0.3 is 0 Å². The summed E-state index contributed by atoms with van der Waals surface area (Å²) in [6.45, 7) is 5.96. The predicted molar refractivity (Wildman–Crippen MR) is 87.9 cm³/mol. The van der Waals surface area contributed by atoms with Gasteiger partial charge in [-0.25, -0.2) is 4.98 Å². The van der Waals surface area contributed by atoms with Crippen LogP contribution in [0, 0.1) is 5.92 Å². The lowest BCUT2D eigenvalue weighted by Gasteiger charge is -2.09. The van der Waals surface area contributed by atoms with Crippen LogP contribution in [-0.2, 0) is 6.42 Å². The van der Waals surface area contributed by atoms with Crippen LogP contribution in [0.15, 0.2) is 35.5 Å². The van der Waals surface area contributed by atoms with E-state index in [2.05, 4.69) is 44.5 Å². The van der Waals surface area contributed by atoms with Gasteiger partial charge < -0.3 is 9.84 Å². The Morgan fingerprint density at radius 2 is 2.00 bits per heavy atom. The molecule has 25 heavy (non-hydrogen) atoms. The first kappa shape index (κ1) is 16.7. The maximum Gasteiger partial charge on any atom is 0.253 e. The topological polar surface area (TPSA) is 112 Å². The maximum absolute atomic E-state index is 12.3. The zero-order chi connectivity index (χ0) is 17.8. The Kier molecular flexibility index (Phi) is 4.82. The van der Waals surface area contributed by atoms with Crippen LogP contribution in [0.3, 0.4) is 0 Å². The van der Waals surface area contributed by atoms with Crippen molar-refractivity contribution in [2.75, 3.05) is 0 Å². The molecular weight excluding hydrogens is 322 g/mol. The molecular formula is C16H19N7O2. The van der Waals surface area contributed by atoms with Gasteiger partial charge in [0.25, 0.3) is 5.91 Å². The molecule has 0 bridgehead atoms. The van der Waals surface area contributed by atoms with E-state index >= 15 is 0 Å². The van der Waals surface area contributed by atoms with Gasteiger partial charge in [0.1, 0.15) is 24.5 Å². The average molecular weight is 341 g/mol. The largest absolute Gasteiger partial charge is 0.340 e. The van der Waals surface area contributed by atoms with Crippen LogP contribution in [-0.4, -0.2) is 35.8 Å². The highest BCUT2D eigenvalue weighted by Crippen LogP contribution is 2.13. The predicted octanol–water partition coefficient (Wildman–Crippen LogP) is 1.73. The molecule has 0 aliphatic heterocycles. The van der Waals surface area contributed by atoms with Crippen LogP contribution < -0.4 is 5.32 Å². The van der Waals surface area contributed by atoms with E-state index in [1.807, 2.05) is 0 Å². The Morgan fingerprint density at radius 3 is 2.64 bits per heavy atom. The number of pyridine rings is 1. The van der Waals surface area contributed by atoms with Crippen LogP contribution in [0.4, 0.5) is 0 Å². The maximum atomic E-state index is 12.3. The van der Waals surface area contributed by atoms with Crippen LogP contribution in [0.25, 0.3) is 5.82 Å². The van der Waals surface area contributed by atoms with Gasteiger partial charge in [0, 0.05) is 12.6 Å². The van der Waals surface area contributed by atoms with Crippen molar-refractivity contribution in [3.63, 3.8) is 0 Å². The first-order valence-electron chi connectivity index (χ1n) is 7.97. The number of amides is 1. The number of carbonyl (C=O) groups excluding carboxylic acids is 1. The number of nitrogens with zero attached hydrogens (tertiary/aromatic N) is 6. The lowest BCUT2D eigenvalue weighted by molar-refractivity contribution is 0.0932. The Hall–Kier alpha value is -3.10. The summed E-state index contributed by atoms with van der Waals surface area (Å²) in [4.78, 5) is 20.9. The molecule has 9 nitrogen and oxygen atoms in total. The minimum absolute atomic E-state index is 0.265. The van der Waals surface area contributed by atoms with Crippen molar-refractivity contribution < 1.29 is 9.32 Å². The number of rotatable bonds is 6. The van der Waals surface area contributed by atoms with Gasteiger partial charge in [0.2, 0.25) is 5.89 Å². The number of carbonyl (C=O) groups is 1. The molecule has 9 heteroatoms. The quantitative estimate of drug-likeness (QED) is 0.726. The van der Waals surface area contributed by atoms with E-state index in [4.69, 9.17) is 4.52 Å². The molecule has 3 aromatic heterocycles. The van der Waals surface area contributed by atoms with Crippen molar-refractivity contribution >= 4 is 5.91 Å². The van der Waals surface area contributed by atoms with E-state index in [0.29, 0.717) is 29.0 Å². The Balaban J connectivity index is 1.64. The second-order valence-corrected chi connectivity index (χ2v) is 6.12. The van der Waals surface area contributed by atoms with Gasteiger partial charge in [-0.05, 0) is 25.0 Å². The molecule has 0 aromatic carbocycles. The SMILES string of the molecule is CC(C)Cc1noc(C(C)NC(=O)c2ccc(-n3cnnc3)nc2)n1. The molecule has 0 aliphatic rings. The standard InChI is InChI=1S/C16H19N7O2/c1-10(2)6-13-21-16(25-22-13)11(3)20-15(24)12-4-5-14(17-7-12)23-8-18-19-9-23/h4-5,7-11H,6H2,1-3H3,(H,20,24). The zero-order valence-corrected chi connectivity index (χ0v) is 14.2. The van der Waals surface area contributed by atoms with Crippen LogP contribution in [0.2, 0.25) is 0 Å². The molecule has 0 spiro atoms. The Bertz CT molecular complexity index is 825. The molecule has 0 aliphatic carbocycles. The smallest absolute Gasteiger partial charge is 0.253 e. The summed E-state index contributed by atoms with van der Waals surface area (Å²) in [6, 6.07) is 3.01. The third-order valence-corrected chi connectivity index (χ3v) is 3.49. The zero-order valence-electron chi connectivity index (χ0n) is 14.2. The summed E-state index contributed by atoms with van der Waals surface area (Å²) in [6.07, 6.45) is 5.30. The second-order valence-electron chi connectivity index (χ2n) is 6.12. The van der Waals surface area contributed by atoms with Crippen molar-refractivity contribution in [3.05, 3.63) is 48.3 Å². The highest BCUT2D eigenvalue weighted by Gasteiger charge is 2.18. The van der Waals surface area contributed by atoms with Gasteiger partial charge in [-0.1, -0.05) is 19.0 Å². The summed E-state index contributed by atoms with van der Waals surface area (Å²) in [5.74, 6) is 1.83. The second kappa shape index (κ2) is 7.20. The molecule has 0 fully saturated rings. The van der Waals surface area contributed by atoms with Crippen LogP contribution in [0.1, 0.15) is 48.9 Å². The Morgan fingerprint density at radius 1 is 1.24 bits per heavy atom. The normalized spacial score (nSPS) is 12.3. The first-order valence-corrected chi connectivity index (χ1v) is 7.97. The number of aromatic nitrogens is 6. The van der Waals surface area contributed by atoms with Gasteiger partial charge in [-0.3, -0.25) is 9.36 Å². The molecule has 1 N–H and O–H groups in total. The van der Waals surface area contributed by atoms with Crippen molar-refractivity contribution in [1.82, 2.24) is 35.2 Å². The first-order chi connectivity index (χ1) is 12.0. The molecule has 0 radical (unpaired) electrons. The molecule has 3 heterocycles. The average Bonchev–Trinajstić information content (AvgIpc) is 3.26. The Labute approximate surface area is 144 Å². The molecule has 130 valence electrons. The fourth-order valence-corrected chi connectivity index (χ4v) is 2.23. The summed E-state index contributed by atoms with van der Waals surface area (Å²) in [5.41, 5.74) is 0.436. The molecule has 3 rings (SSSR count). The van der Waals surface area contributed by atoms with Crippen molar-refractivity contribution in [2.45, 2.75) is 33.2 Å². The molecule has 1 unspecified atom stereocenters. The lowest BCUT2D eigenvalue weighted by Crippen LogP contribution is -2.27. The summed E-state index contributed by atoms with van der Waals surface area (Å²) >= 11 is 0. The fourth-order valence-electron chi connectivity index (χ4n) is 2.23. The number of hydrogen-bond donors (Lipinski definition) is 1. The van der Waals surface area contributed by atoms with E-state index in [1.54, 1.807) is 23.6 Å². The monoisotopic (exact) mass is 341 g/mol. The molecule has 3 aromatic rings. The molecule has 1 amide bonds. The van der Waals surface area contributed by atoms with E-state index in [1.165, 1.54) is 18.9 Å². The third-order valence-electron chi connectivity index (χ3n) is 3.49. The summed E-state index contributed by atoms with van der Waals surface area (Å²) < 4.78 is 6.88. The third kappa shape index (κ3) is 4.06. The highest BCUT2D eigenvalue weighted by atomic mass is 16.5. The van der Waals surface area contributed by atoms with Crippen molar-refractivity contribution in [2.24, 2.45) is 5.92 Å². The van der Waals surface area contributed by atoms with Crippen molar-refractivity contribution in [1.29, 1.82) is 0 Å². The fraction of sp³-hybridized carbons (Fsp3) is 0.375. The van der Waals surface area contributed by atoms with Crippen LogP contribution in [0.5, 0.6) is 0 Å². The molecule has 1 atom stereocenters. The van der Waals surface area contributed by atoms with Gasteiger partial charge in [0.05, 0.1) is 5.56 Å². The highest BCUT2D eigenvalue weighted by molar-refractivity contribution is 5.94. The number of hydrogen-bond acceptors (Lipinski definition) is 7.